The largest absolute Gasteiger partial charge is 0.487 e. The fourth-order valence-electron chi connectivity index (χ4n) is 3.35. The lowest BCUT2D eigenvalue weighted by Crippen LogP contribution is -2.46. The fraction of sp³-hybridized carbons (Fsp3) is 0.368. The maximum atomic E-state index is 11.7. The lowest BCUT2D eigenvalue weighted by atomic mass is 9.81. The number of rotatable bonds is 6. The minimum absolute atomic E-state index is 0.224. The van der Waals surface area contributed by atoms with Gasteiger partial charge in [0, 0.05) is 5.39 Å². The van der Waals surface area contributed by atoms with E-state index in [0.29, 0.717) is 18.6 Å². The van der Waals surface area contributed by atoms with Gasteiger partial charge in [0.2, 0.25) is 5.60 Å². The first-order valence-electron chi connectivity index (χ1n) is 8.21. The van der Waals surface area contributed by atoms with Gasteiger partial charge in [-0.05, 0) is 24.3 Å². The van der Waals surface area contributed by atoms with E-state index in [9.17, 15) is 9.90 Å². The molecule has 2 atom stereocenters. The first-order valence-corrected chi connectivity index (χ1v) is 8.21. The van der Waals surface area contributed by atoms with Crippen molar-refractivity contribution in [1.29, 1.82) is 0 Å². The van der Waals surface area contributed by atoms with E-state index >= 15 is 0 Å². The number of aliphatic carboxylic acids is 1. The summed E-state index contributed by atoms with van der Waals surface area (Å²) in [5.41, 5.74) is -0.624. The number of carboxylic acids is 1. The number of carboxylic acid groups (broad SMARTS) is 1. The second-order valence-electron chi connectivity index (χ2n) is 5.95. The quantitative estimate of drug-likeness (QED) is 0.874. The van der Waals surface area contributed by atoms with Crippen molar-refractivity contribution in [3.05, 3.63) is 42.5 Å². The zero-order valence-corrected chi connectivity index (χ0v) is 13.9. The van der Waals surface area contributed by atoms with Crippen molar-refractivity contribution < 1.29 is 19.5 Å². The number of nitrogens with zero attached hydrogens (tertiary/aromatic N) is 1. The van der Waals surface area contributed by atoms with E-state index in [4.69, 9.17) is 9.57 Å². The number of oxime groups is 1. The third-order valence-electron chi connectivity index (χ3n) is 4.71. The summed E-state index contributed by atoms with van der Waals surface area (Å²) in [7, 11) is 0. The minimum Gasteiger partial charge on any atom is -0.487 e. The number of hydrogen-bond donors (Lipinski definition) is 1. The zero-order chi connectivity index (χ0) is 17.2. The lowest BCUT2D eigenvalue weighted by molar-refractivity contribution is -0.167. The maximum Gasteiger partial charge on any atom is 0.351 e. The molecule has 2 unspecified atom stereocenters. The number of ether oxygens (including phenoxy) is 1. The average Bonchev–Trinajstić information content (AvgIpc) is 2.98. The molecule has 1 aliphatic heterocycles. The van der Waals surface area contributed by atoms with Crippen LogP contribution in [0.5, 0.6) is 5.75 Å². The second-order valence-corrected chi connectivity index (χ2v) is 5.95. The third-order valence-corrected chi connectivity index (χ3v) is 4.71. The Morgan fingerprint density at radius 2 is 2.00 bits per heavy atom. The molecular formula is C19H21NO4. The summed E-state index contributed by atoms with van der Waals surface area (Å²) in [5, 5.41) is 15.7. The van der Waals surface area contributed by atoms with Crippen molar-refractivity contribution in [1.82, 2.24) is 0 Å². The molecule has 0 radical (unpaired) electrons. The van der Waals surface area contributed by atoms with Gasteiger partial charge in [0.1, 0.15) is 18.1 Å². The van der Waals surface area contributed by atoms with Crippen LogP contribution in [-0.4, -0.2) is 29.0 Å². The highest BCUT2D eigenvalue weighted by Gasteiger charge is 2.53. The topological polar surface area (TPSA) is 68.1 Å². The van der Waals surface area contributed by atoms with Crippen molar-refractivity contribution >= 4 is 22.5 Å². The summed E-state index contributed by atoms with van der Waals surface area (Å²) in [5.74, 6) is -0.495. The number of carbonyl (C=O) groups is 1. The van der Waals surface area contributed by atoms with Crippen LogP contribution in [0.1, 0.15) is 26.7 Å². The molecule has 5 nitrogen and oxygen atoms in total. The Morgan fingerprint density at radius 3 is 2.71 bits per heavy atom. The molecule has 1 N–H and O–H groups in total. The van der Waals surface area contributed by atoms with Gasteiger partial charge in [-0.2, -0.15) is 0 Å². The van der Waals surface area contributed by atoms with Gasteiger partial charge in [-0.3, -0.25) is 0 Å². The highest BCUT2D eigenvalue weighted by Crippen LogP contribution is 2.36. The molecule has 2 aromatic rings. The van der Waals surface area contributed by atoms with Crippen LogP contribution in [0.4, 0.5) is 0 Å². The Morgan fingerprint density at radius 1 is 1.25 bits per heavy atom. The van der Waals surface area contributed by atoms with E-state index in [2.05, 4.69) is 5.16 Å². The molecule has 0 saturated heterocycles. The number of fused-ring (bicyclic) bond motifs is 1. The molecule has 0 amide bonds. The number of hydrogen-bond acceptors (Lipinski definition) is 4. The highest BCUT2D eigenvalue weighted by atomic mass is 16.7. The summed E-state index contributed by atoms with van der Waals surface area (Å²) in [6, 6.07) is 13.9. The molecule has 1 aliphatic rings. The monoisotopic (exact) mass is 327 g/mol. The van der Waals surface area contributed by atoms with E-state index in [-0.39, 0.29) is 12.5 Å². The summed E-state index contributed by atoms with van der Waals surface area (Å²) >= 11 is 0. The Balaban J connectivity index is 1.80. The van der Waals surface area contributed by atoms with Crippen molar-refractivity contribution in [2.24, 2.45) is 11.1 Å². The average molecular weight is 327 g/mol. The van der Waals surface area contributed by atoms with Gasteiger partial charge < -0.3 is 14.7 Å². The van der Waals surface area contributed by atoms with Crippen molar-refractivity contribution in [3.8, 4) is 5.75 Å². The van der Waals surface area contributed by atoms with Crippen LogP contribution in [0.25, 0.3) is 10.8 Å². The summed E-state index contributed by atoms with van der Waals surface area (Å²) < 4.78 is 5.95. The fourth-order valence-corrected chi connectivity index (χ4v) is 3.35. The molecular weight excluding hydrogens is 306 g/mol. The van der Waals surface area contributed by atoms with Crippen molar-refractivity contribution in [2.45, 2.75) is 32.3 Å². The molecule has 0 spiro atoms. The summed E-state index contributed by atoms with van der Waals surface area (Å²) in [4.78, 5) is 17.0. The van der Waals surface area contributed by atoms with Crippen molar-refractivity contribution in [3.63, 3.8) is 0 Å². The van der Waals surface area contributed by atoms with Gasteiger partial charge in [-0.1, -0.05) is 55.4 Å². The van der Waals surface area contributed by atoms with Crippen LogP contribution >= 0.6 is 0 Å². The zero-order valence-electron chi connectivity index (χ0n) is 13.9. The Labute approximate surface area is 140 Å². The molecule has 0 saturated carbocycles. The van der Waals surface area contributed by atoms with Gasteiger partial charge >= 0.3 is 5.97 Å². The van der Waals surface area contributed by atoms with Crippen LogP contribution in [0.15, 0.2) is 47.6 Å². The van der Waals surface area contributed by atoms with E-state index in [0.717, 1.165) is 16.5 Å². The van der Waals surface area contributed by atoms with Crippen LogP contribution < -0.4 is 4.74 Å². The summed E-state index contributed by atoms with van der Waals surface area (Å²) in [6.07, 6.45) is 1.000. The third kappa shape index (κ3) is 2.60. The lowest BCUT2D eigenvalue weighted by Gasteiger charge is -2.27. The molecule has 2 aromatic carbocycles. The van der Waals surface area contributed by atoms with Crippen LogP contribution in [0, 0.1) is 5.92 Å². The molecule has 0 aromatic heterocycles. The molecule has 3 rings (SSSR count). The second kappa shape index (κ2) is 6.51. The Kier molecular flexibility index (Phi) is 4.42. The van der Waals surface area contributed by atoms with Crippen LogP contribution in [-0.2, 0) is 9.63 Å². The predicted octanol–water partition coefficient (Wildman–Crippen LogP) is 3.86. The van der Waals surface area contributed by atoms with E-state index in [1.54, 1.807) is 6.92 Å². The van der Waals surface area contributed by atoms with E-state index in [1.807, 2.05) is 49.4 Å². The molecule has 24 heavy (non-hydrogen) atoms. The molecule has 1 heterocycles. The van der Waals surface area contributed by atoms with Crippen LogP contribution in [0.2, 0.25) is 0 Å². The SMILES string of the molecule is CCC1C(COc2cccc3ccccc23)=NOC1(CC)C(=O)O. The normalized spacial score (nSPS) is 22.9. The van der Waals surface area contributed by atoms with E-state index in [1.165, 1.54) is 0 Å². The molecule has 0 aliphatic carbocycles. The summed E-state index contributed by atoms with van der Waals surface area (Å²) in [6.45, 7) is 3.97. The maximum absolute atomic E-state index is 11.7. The molecule has 0 bridgehead atoms. The molecule has 126 valence electrons. The standard InChI is InChI=1S/C19H21NO4/c1-3-15-16(20-24-19(15,4-2)18(21)22)12-23-17-11-7-9-13-8-5-6-10-14(13)17/h5-11,15H,3-4,12H2,1-2H3,(H,21,22). The van der Waals surface area contributed by atoms with E-state index < -0.39 is 11.6 Å². The van der Waals surface area contributed by atoms with Gasteiger partial charge in [0.15, 0.2) is 0 Å². The minimum atomic E-state index is -1.27. The first-order chi connectivity index (χ1) is 11.6. The van der Waals surface area contributed by atoms with Gasteiger partial charge in [-0.25, -0.2) is 4.79 Å². The molecule has 5 heteroatoms. The van der Waals surface area contributed by atoms with Crippen LogP contribution in [0.3, 0.4) is 0 Å². The Hall–Kier alpha value is -2.56. The van der Waals surface area contributed by atoms with Crippen molar-refractivity contribution in [2.75, 3.05) is 6.61 Å². The Bertz CT molecular complexity index is 781. The number of benzene rings is 2. The van der Waals surface area contributed by atoms with Gasteiger partial charge in [0.25, 0.3) is 0 Å². The molecule has 0 fully saturated rings. The first kappa shape index (κ1) is 16.3. The van der Waals surface area contributed by atoms with Gasteiger partial charge in [0.05, 0.1) is 5.92 Å². The predicted molar refractivity (Wildman–Crippen MR) is 92.4 cm³/mol. The highest BCUT2D eigenvalue weighted by molar-refractivity contribution is 5.96. The van der Waals surface area contributed by atoms with Gasteiger partial charge in [-0.15, -0.1) is 0 Å². The smallest absolute Gasteiger partial charge is 0.351 e.